The molecule has 0 saturated carbocycles. The maximum Gasteiger partial charge on any atom is 0.266 e. The Morgan fingerprint density at radius 2 is 2.00 bits per heavy atom. The summed E-state index contributed by atoms with van der Waals surface area (Å²) in [7, 11) is 1.47. The lowest BCUT2D eigenvalue weighted by molar-refractivity contribution is -0.0823. The molecule has 0 aliphatic heterocycles. The van der Waals surface area contributed by atoms with Gasteiger partial charge in [-0.15, -0.1) is 0 Å². The predicted octanol–water partition coefficient (Wildman–Crippen LogP) is 2.25. The molecule has 1 aromatic carbocycles. The number of ether oxygens (including phenoxy) is 1. The summed E-state index contributed by atoms with van der Waals surface area (Å²) in [6, 6.07) is 6.81. The van der Waals surface area contributed by atoms with Crippen LogP contribution in [-0.4, -0.2) is 24.2 Å². The molecule has 4 heteroatoms. The Morgan fingerprint density at radius 3 is 2.53 bits per heavy atom. The van der Waals surface area contributed by atoms with Crippen LogP contribution in [0.25, 0.3) is 0 Å². The normalized spacial score (nSPS) is 15.1. The Hall–Kier alpha value is -1.16. The minimum atomic E-state index is -2.78. The Labute approximate surface area is 87.5 Å². The molecule has 1 aromatic rings. The van der Waals surface area contributed by atoms with E-state index >= 15 is 0 Å². The minimum Gasteiger partial charge on any atom is -0.496 e. The summed E-state index contributed by atoms with van der Waals surface area (Å²) in [5, 5.41) is 9.46. The zero-order valence-electron chi connectivity index (χ0n) is 8.71. The van der Waals surface area contributed by atoms with Gasteiger partial charge in [-0.05, 0) is 18.6 Å². The third kappa shape index (κ3) is 2.89. The molecule has 0 fully saturated rings. The molecule has 0 saturated heterocycles. The smallest absolute Gasteiger partial charge is 0.266 e. The van der Waals surface area contributed by atoms with Gasteiger partial charge < -0.3 is 9.84 Å². The van der Waals surface area contributed by atoms with E-state index in [9.17, 15) is 13.9 Å². The highest BCUT2D eigenvalue weighted by molar-refractivity contribution is 5.34. The van der Waals surface area contributed by atoms with E-state index in [1.54, 1.807) is 24.3 Å². The van der Waals surface area contributed by atoms with Gasteiger partial charge in [0.15, 0.2) is 0 Å². The number of para-hydroxylation sites is 1. The second-order valence-electron chi connectivity index (χ2n) is 3.65. The number of hydrogen-bond donors (Lipinski definition) is 1. The molecule has 0 aliphatic rings. The summed E-state index contributed by atoms with van der Waals surface area (Å²) in [6.07, 6.45) is -2.91. The van der Waals surface area contributed by atoms with Crippen LogP contribution in [-0.2, 0) is 6.42 Å². The molecule has 0 bridgehead atoms. The van der Waals surface area contributed by atoms with E-state index in [0.717, 1.165) is 6.92 Å². The van der Waals surface area contributed by atoms with Crippen molar-refractivity contribution in [1.82, 2.24) is 0 Å². The molecule has 0 amide bonds. The zero-order valence-corrected chi connectivity index (χ0v) is 8.71. The zero-order chi connectivity index (χ0) is 11.5. The van der Waals surface area contributed by atoms with Crippen molar-refractivity contribution >= 4 is 0 Å². The number of hydrogen-bond acceptors (Lipinski definition) is 2. The van der Waals surface area contributed by atoms with Gasteiger partial charge in [-0.1, -0.05) is 18.2 Å². The van der Waals surface area contributed by atoms with Crippen molar-refractivity contribution in [1.29, 1.82) is 0 Å². The van der Waals surface area contributed by atoms with E-state index < -0.39 is 12.0 Å². The standard InChI is InChI=1S/C11H14F2O2/c1-11(14,10(12)13)7-8-5-3-4-6-9(8)15-2/h3-6,10,14H,7H2,1-2H3. The highest BCUT2D eigenvalue weighted by Gasteiger charge is 2.33. The summed E-state index contributed by atoms with van der Waals surface area (Å²) >= 11 is 0. The maximum atomic E-state index is 12.4. The van der Waals surface area contributed by atoms with Crippen LogP contribution in [0.15, 0.2) is 24.3 Å². The number of aliphatic hydroxyl groups is 1. The van der Waals surface area contributed by atoms with Crippen molar-refractivity contribution in [2.24, 2.45) is 0 Å². The van der Waals surface area contributed by atoms with Crippen LogP contribution in [0.2, 0.25) is 0 Å². The summed E-state index contributed by atoms with van der Waals surface area (Å²) in [5.41, 5.74) is -1.44. The summed E-state index contributed by atoms with van der Waals surface area (Å²) in [4.78, 5) is 0. The van der Waals surface area contributed by atoms with Crippen molar-refractivity contribution in [3.8, 4) is 5.75 Å². The molecule has 84 valence electrons. The van der Waals surface area contributed by atoms with Gasteiger partial charge in [0, 0.05) is 6.42 Å². The maximum absolute atomic E-state index is 12.4. The van der Waals surface area contributed by atoms with Crippen molar-refractivity contribution in [3.05, 3.63) is 29.8 Å². The number of halogens is 2. The van der Waals surface area contributed by atoms with Gasteiger partial charge in [0.2, 0.25) is 0 Å². The highest BCUT2D eigenvalue weighted by atomic mass is 19.3. The molecule has 1 N–H and O–H groups in total. The molecular formula is C11H14F2O2. The van der Waals surface area contributed by atoms with Crippen LogP contribution in [0.5, 0.6) is 5.75 Å². The Kier molecular flexibility index (Phi) is 3.63. The number of alkyl halides is 2. The quantitative estimate of drug-likeness (QED) is 0.836. The first-order valence-electron chi connectivity index (χ1n) is 4.60. The molecule has 1 atom stereocenters. The van der Waals surface area contributed by atoms with E-state index in [0.29, 0.717) is 11.3 Å². The lowest BCUT2D eigenvalue weighted by Crippen LogP contribution is -2.35. The molecular weight excluding hydrogens is 202 g/mol. The average Bonchev–Trinajstić information content (AvgIpc) is 2.18. The Morgan fingerprint density at radius 1 is 1.40 bits per heavy atom. The van der Waals surface area contributed by atoms with Gasteiger partial charge in [0.05, 0.1) is 7.11 Å². The first kappa shape index (κ1) is 11.9. The van der Waals surface area contributed by atoms with Crippen LogP contribution in [0.4, 0.5) is 8.78 Å². The summed E-state index contributed by atoms with van der Waals surface area (Å²) < 4.78 is 29.9. The number of rotatable bonds is 4. The van der Waals surface area contributed by atoms with Gasteiger partial charge in [0.25, 0.3) is 6.43 Å². The van der Waals surface area contributed by atoms with Crippen LogP contribution in [0.3, 0.4) is 0 Å². The van der Waals surface area contributed by atoms with Gasteiger partial charge in [-0.25, -0.2) is 8.78 Å². The Bertz CT molecular complexity index is 324. The van der Waals surface area contributed by atoms with Gasteiger partial charge in [-0.2, -0.15) is 0 Å². The monoisotopic (exact) mass is 216 g/mol. The fourth-order valence-electron chi connectivity index (χ4n) is 1.31. The van der Waals surface area contributed by atoms with E-state index in [2.05, 4.69) is 0 Å². The number of methoxy groups -OCH3 is 1. The first-order chi connectivity index (χ1) is 6.97. The van der Waals surface area contributed by atoms with Crippen LogP contribution in [0.1, 0.15) is 12.5 Å². The highest BCUT2D eigenvalue weighted by Crippen LogP contribution is 2.26. The van der Waals surface area contributed by atoms with E-state index in [-0.39, 0.29) is 6.42 Å². The average molecular weight is 216 g/mol. The molecule has 1 unspecified atom stereocenters. The molecule has 0 radical (unpaired) electrons. The summed E-state index contributed by atoms with van der Waals surface area (Å²) in [6.45, 7) is 1.12. The molecule has 15 heavy (non-hydrogen) atoms. The van der Waals surface area contributed by atoms with Crippen LogP contribution < -0.4 is 4.74 Å². The molecule has 0 heterocycles. The molecule has 2 nitrogen and oxygen atoms in total. The van der Waals surface area contributed by atoms with Crippen molar-refractivity contribution in [2.45, 2.75) is 25.4 Å². The SMILES string of the molecule is COc1ccccc1CC(C)(O)C(F)F. The largest absolute Gasteiger partial charge is 0.496 e. The molecule has 0 aromatic heterocycles. The molecule has 0 aliphatic carbocycles. The van der Waals surface area contributed by atoms with Crippen molar-refractivity contribution in [2.75, 3.05) is 7.11 Å². The fourth-order valence-corrected chi connectivity index (χ4v) is 1.31. The van der Waals surface area contributed by atoms with E-state index in [4.69, 9.17) is 4.74 Å². The lowest BCUT2D eigenvalue weighted by atomic mass is 9.96. The van der Waals surface area contributed by atoms with E-state index in [1.807, 2.05) is 0 Å². The third-order valence-corrected chi connectivity index (χ3v) is 2.21. The summed E-state index contributed by atoms with van der Waals surface area (Å²) in [5.74, 6) is 0.512. The van der Waals surface area contributed by atoms with Crippen LogP contribution in [0, 0.1) is 0 Å². The fraction of sp³-hybridized carbons (Fsp3) is 0.455. The van der Waals surface area contributed by atoms with Gasteiger partial charge in [0.1, 0.15) is 11.4 Å². The second-order valence-corrected chi connectivity index (χ2v) is 3.65. The third-order valence-electron chi connectivity index (χ3n) is 2.21. The van der Waals surface area contributed by atoms with Crippen LogP contribution >= 0.6 is 0 Å². The topological polar surface area (TPSA) is 29.5 Å². The van der Waals surface area contributed by atoms with Gasteiger partial charge >= 0.3 is 0 Å². The second kappa shape index (κ2) is 4.57. The minimum absolute atomic E-state index is 0.130. The molecule has 1 rings (SSSR count). The number of benzene rings is 1. The van der Waals surface area contributed by atoms with Crippen molar-refractivity contribution in [3.63, 3.8) is 0 Å². The van der Waals surface area contributed by atoms with E-state index in [1.165, 1.54) is 7.11 Å². The Balaban J connectivity index is 2.89. The lowest BCUT2D eigenvalue weighted by Gasteiger charge is -2.23. The first-order valence-corrected chi connectivity index (χ1v) is 4.60. The van der Waals surface area contributed by atoms with Crippen molar-refractivity contribution < 1.29 is 18.6 Å². The van der Waals surface area contributed by atoms with Gasteiger partial charge in [-0.3, -0.25) is 0 Å². The predicted molar refractivity (Wildman–Crippen MR) is 53.3 cm³/mol. The molecule has 0 spiro atoms.